The maximum atomic E-state index is 11.4. The molecular formula is C9H7NOS. The van der Waals surface area contributed by atoms with Crippen LogP contribution in [0.2, 0.25) is 0 Å². The van der Waals surface area contributed by atoms with Crippen LogP contribution in [-0.2, 0) is 0 Å². The monoisotopic (exact) mass is 177 g/mol. The van der Waals surface area contributed by atoms with Crippen molar-refractivity contribution >= 4 is 24.4 Å². The van der Waals surface area contributed by atoms with Crippen molar-refractivity contribution in [3.8, 4) is 0 Å². The first-order chi connectivity index (χ1) is 5.72. The van der Waals surface area contributed by atoms with Crippen molar-refractivity contribution in [1.29, 1.82) is 0 Å². The second-order valence-electron chi connectivity index (χ2n) is 2.61. The molecule has 60 valence electrons. The van der Waals surface area contributed by atoms with Crippen LogP contribution in [0.4, 0.5) is 0 Å². The SMILES string of the molecule is C=C1c2ccccc2C(=O)N1S. The predicted molar refractivity (Wildman–Crippen MR) is 50.6 cm³/mol. The van der Waals surface area contributed by atoms with E-state index < -0.39 is 0 Å². The number of amides is 1. The van der Waals surface area contributed by atoms with Gasteiger partial charge in [-0.2, -0.15) is 0 Å². The molecule has 0 N–H and O–H groups in total. The topological polar surface area (TPSA) is 20.3 Å². The molecule has 0 aromatic heterocycles. The van der Waals surface area contributed by atoms with Crippen LogP contribution in [0.5, 0.6) is 0 Å². The predicted octanol–water partition coefficient (Wildman–Crippen LogP) is 1.96. The molecule has 0 fully saturated rings. The summed E-state index contributed by atoms with van der Waals surface area (Å²) in [5.41, 5.74) is 2.20. The highest BCUT2D eigenvalue weighted by Gasteiger charge is 2.27. The number of rotatable bonds is 0. The Morgan fingerprint density at radius 3 is 2.42 bits per heavy atom. The van der Waals surface area contributed by atoms with Crippen molar-refractivity contribution in [2.24, 2.45) is 0 Å². The summed E-state index contributed by atoms with van der Waals surface area (Å²) < 4.78 is 1.27. The Labute approximate surface area is 76.0 Å². The van der Waals surface area contributed by atoms with Crippen LogP contribution in [0.1, 0.15) is 15.9 Å². The molecule has 1 aliphatic rings. The van der Waals surface area contributed by atoms with Gasteiger partial charge in [0, 0.05) is 5.56 Å². The van der Waals surface area contributed by atoms with Crippen LogP contribution in [0.25, 0.3) is 5.70 Å². The van der Waals surface area contributed by atoms with E-state index in [4.69, 9.17) is 0 Å². The van der Waals surface area contributed by atoms with Gasteiger partial charge in [0.15, 0.2) is 0 Å². The van der Waals surface area contributed by atoms with Gasteiger partial charge in [-0.1, -0.05) is 37.6 Å². The third kappa shape index (κ3) is 0.800. The van der Waals surface area contributed by atoms with Crippen LogP contribution in [0.15, 0.2) is 30.8 Å². The normalized spacial score (nSPS) is 15.2. The molecule has 0 aliphatic carbocycles. The van der Waals surface area contributed by atoms with E-state index in [1.165, 1.54) is 4.31 Å². The minimum Gasteiger partial charge on any atom is -0.268 e. The number of hydrogen-bond acceptors (Lipinski definition) is 2. The minimum atomic E-state index is -0.0982. The third-order valence-electron chi connectivity index (χ3n) is 1.92. The average molecular weight is 177 g/mol. The lowest BCUT2D eigenvalue weighted by atomic mass is 10.1. The maximum absolute atomic E-state index is 11.4. The lowest BCUT2D eigenvalue weighted by Gasteiger charge is -2.05. The summed E-state index contributed by atoms with van der Waals surface area (Å²) in [5.74, 6) is -0.0982. The summed E-state index contributed by atoms with van der Waals surface area (Å²) in [6, 6.07) is 7.35. The lowest BCUT2D eigenvalue weighted by Crippen LogP contribution is -2.10. The van der Waals surface area contributed by atoms with E-state index in [2.05, 4.69) is 19.4 Å². The molecular weight excluding hydrogens is 170 g/mol. The van der Waals surface area contributed by atoms with Gasteiger partial charge in [0.25, 0.3) is 5.91 Å². The molecule has 1 aromatic carbocycles. The van der Waals surface area contributed by atoms with Crippen LogP contribution in [0, 0.1) is 0 Å². The van der Waals surface area contributed by atoms with Gasteiger partial charge in [0.05, 0.1) is 11.3 Å². The zero-order valence-corrected chi connectivity index (χ0v) is 7.21. The molecule has 1 amide bonds. The first-order valence-electron chi connectivity index (χ1n) is 3.53. The van der Waals surface area contributed by atoms with Gasteiger partial charge in [-0.15, -0.1) is 0 Å². The molecule has 0 atom stereocenters. The van der Waals surface area contributed by atoms with Gasteiger partial charge in [-0.25, -0.2) is 0 Å². The number of hydrogen-bond donors (Lipinski definition) is 1. The third-order valence-corrected chi connectivity index (χ3v) is 2.34. The molecule has 0 saturated carbocycles. The van der Waals surface area contributed by atoms with Crippen LogP contribution >= 0.6 is 12.8 Å². The Morgan fingerprint density at radius 1 is 1.25 bits per heavy atom. The fourth-order valence-corrected chi connectivity index (χ4v) is 1.49. The highest BCUT2D eigenvalue weighted by molar-refractivity contribution is 7.78. The van der Waals surface area contributed by atoms with Gasteiger partial charge < -0.3 is 0 Å². The Bertz CT molecular complexity index is 338. The highest BCUT2D eigenvalue weighted by Crippen LogP contribution is 2.31. The average Bonchev–Trinajstić information content (AvgIpc) is 2.33. The minimum absolute atomic E-state index is 0.0982. The summed E-state index contributed by atoms with van der Waals surface area (Å²) in [6.07, 6.45) is 0. The number of carbonyl (C=O) groups is 1. The number of nitrogens with zero attached hydrogens (tertiary/aromatic N) is 1. The molecule has 1 aliphatic heterocycles. The zero-order valence-electron chi connectivity index (χ0n) is 6.32. The molecule has 0 spiro atoms. The Morgan fingerprint density at radius 2 is 1.83 bits per heavy atom. The molecule has 0 unspecified atom stereocenters. The van der Waals surface area contributed by atoms with E-state index in [-0.39, 0.29) is 5.91 Å². The van der Waals surface area contributed by atoms with Gasteiger partial charge >= 0.3 is 0 Å². The van der Waals surface area contributed by atoms with Crippen molar-refractivity contribution in [3.05, 3.63) is 42.0 Å². The number of benzene rings is 1. The summed E-state index contributed by atoms with van der Waals surface area (Å²) in [6.45, 7) is 3.76. The molecule has 1 heterocycles. The van der Waals surface area contributed by atoms with Gasteiger partial charge in [0.2, 0.25) is 0 Å². The molecule has 0 bridgehead atoms. The van der Waals surface area contributed by atoms with Crippen molar-refractivity contribution in [2.75, 3.05) is 0 Å². The Balaban J connectivity index is 2.67. The van der Waals surface area contributed by atoms with Crippen molar-refractivity contribution in [3.63, 3.8) is 0 Å². The van der Waals surface area contributed by atoms with Crippen molar-refractivity contribution in [2.45, 2.75) is 0 Å². The molecule has 2 nitrogen and oxygen atoms in total. The van der Waals surface area contributed by atoms with Crippen LogP contribution in [-0.4, -0.2) is 10.2 Å². The van der Waals surface area contributed by atoms with Crippen LogP contribution in [0.3, 0.4) is 0 Å². The zero-order chi connectivity index (χ0) is 8.72. The summed E-state index contributed by atoms with van der Waals surface area (Å²) >= 11 is 4.01. The number of carbonyl (C=O) groups excluding carboxylic acids is 1. The van der Waals surface area contributed by atoms with Gasteiger partial charge in [0.1, 0.15) is 0 Å². The molecule has 3 heteroatoms. The smallest absolute Gasteiger partial charge is 0.268 e. The first kappa shape index (κ1) is 7.43. The van der Waals surface area contributed by atoms with E-state index in [1.807, 2.05) is 18.2 Å². The summed E-state index contributed by atoms with van der Waals surface area (Å²) in [5, 5.41) is 0. The molecule has 1 aromatic rings. The fourth-order valence-electron chi connectivity index (χ4n) is 1.27. The quantitative estimate of drug-likeness (QED) is 0.601. The molecule has 2 rings (SSSR count). The van der Waals surface area contributed by atoms with Gasteiger partial charge in [-0.3, -0.25) is 9.10 Å². The lowest BCUT2D eigenvalue weighted by molar-refractivity contribution is 0.0925. The summed E-state index contributed by atoms with van der Waals surface area (Å²) in [7, 11) is 0. The van der Waals surface area contributed by atoms with Gasteiger partial charge in [-0.05, 0) is 6.07 Å². The van der Waals surface area contributed by atoms with E-state index in [1.54, 1.807) is 6.07 Å². The van der Waals surface area contributed by atoms with E-state index in [0.717, 1.165) is 5.56 Å². The Kier molecular flexibility index (Phi) is 1.48. The van der Waals surface area contributed by atoms with Crippen LogP contribution < -0.4 is 0 Å². The molecule has 0 saturated heterocycles. The fraction of sp³-hybridized carbons (Fsp3) is 0. The van der Waals surface area contributed by atoms with Crippen molar-refractivity contribution < 1.29 is 4.79 Å². The maximum Gasteiger partial charge on any atom is 0.268 e. The van der Waals surface area contributed by atoms with E-state index in [0.29, 0.717) is 11.3 Å². The largest absolute Gasteiger partial charge is 0.268 e. The molecule has 0 radical (unpaired) electrons. The second-order valence-corrected chi connectivity index (χ2v) is 3.01. The van der Waals surface area contributed by atoms with Crippen molar-refractivity contribution in [1.82, 2.24) is 4.31 Å². The Hall–Kier alpha value is -1.22. The van der Waals surface area contributed by atoms with E-state index >= 15 is 0 Å². The second kappa shape index (κ2) is 2.38. The van der Waals surface area contributed by atoms with E-state index in [9.17, 15) is 4.79 Å². The number of thiol groups is 1. The standard InChI is InChI=1S/C9H7NOS/c1-6-7-4-2-3-5-8(7)9(11)10(6)12/h2-5,12H,1H2. The first-order valence-corrected chi connectivity index (χ1v) is 3.93. The summed E-state index contributed by atoms with van der Waals surface area (Å²) in [4.78, 5) is 11.4. The number of fused-ring (bicyclic) bond motifs is 1. The highest BCUT2D eigenvalue weighted by atomic mass is 32.1. The molecule has 12 heavy (non-hydrogen) atoms.